The minimum atomic E-state index is -0.0841. The molecule has 4 nitrogen and oxygen atoms in total. The van der Waals surface area contributed by atoms with E-state index in [0.29, 0.717) is 30.1 Å². The Kier molecular flexibility index (Phi) is 2.24. The summed E-state index contributed by atoms with van der Waals surface area (Å²) in [6.45, 7) is 2.49. The largest absolute Gasteiger partial charge is 0.496 e. The Labute approximate surface area is 99.5 Å². The van der Waals surface area contributed by atoms with Gasteiger partial charge in [-0.15, -0.1) is 0 Å². The lowest BCUT2D eigenvalue weighted by atomic mass is 9.97. The average molecular weight is 234 g/mol. The van der Waals surface area contributed by atoms with Gasteiger partial charge in [-0.1, -0.05) is 0 Å². The minimum Gasteiger partial charge on any atom is -0.496 e. The first-order chi connectivity index (χ1) is 8.20. The van der Waals surface area contributed by atoms with E-state index in [4.69, 9.17) is 14.2 Å². The van der Waals surface area contributed by atoms with Gasteiger partial charge in [0, 0.05) is 24.5 Å². The minimum absolute atomic E-state index is 0.0841. The van der Waals surface area contributed by atoms with Crippen molar-refractivity contribution in [2.75, 3.05) is 13.7 Å². The summed E-state index contributed by atoms with van der Waals surface area (Å²) in [5.74, 6) is 2.10. The smallest absolute Gasteiger partial charge is 0.174 e. The molecule has 0 saturated heterocycles. The summed E-state index contributed by atoms with van der Waals surface area (Å²) in [7, 11) is 1.62. The molecule has 2 aliphatic rings. The zero-order valence-corrected chi connectivity index (χ0v) is 9.91. The fraction of sp³-hybridized carbons (Fsp3) is 0.462. The lowest BCUT2D eigenvalue weighted by Crippen LogP contribution is -2.24. The molecule has 0 spiro atoms. The third-order valence-corrected chi connectivity index (χ3v) is 3.21. The van der Waals surface area contributed by atoms with Gasteiger partial charge in [0.15, 0.2) is 5.78 Å². The molecule has 0 amide bonds. The van der Waals surface area contributed by atoms with Crippen LogP contribution in [0, 0.1) is 0 Å². The van der Waals surface area contributed by atoms with Crippen molar-refractivity contribution in [2.45, 2.75) is 25.9 Å². The second-order valence-electron chi connectivity index (χ2n) is 4.41. The second kappa shape index (κ2) is 3.65. The highest BCUT2D eigenvalue weighted by Gasteiger charge is 2.33. The van der Waals surface area contributed by atoms with Crippen molar-refractivity contribution >= 4 is 5.78 Å². The van der Waals surface area contributed by atoms with E-state index in [1.807, 2.05) is 6.92 Å². The zero-order valence-electron chi connectivity index (χ0n) is 9.91. The van der Waals surface area contributed by atoms with E-state index in [1.54, 1.807) is 13.2 Å². The van der Waals surface area contributed by atoms with Crippen molar-refractivity contribution < 1.29 is 19.0 Å². The van der Waals surface area contributed by atoms with Crippen LogP contribution in [-0.4, -0.2) is 25.6 Å². The standard InChI is InChI=1S/C13H14O4/c1-7-5-9(14)12-11(17-7)6-10(15-2)8-3-4-16-13(8)12/h6-7H,3-5H2,1-2H3. The van der Waals surface area contributed by atoms with E-state index < -0.39 is 0 Å². The molecule has 0 aliphatic carbocycles. The van der Waals surface area contributed by atoms with E-state index in [0.717, 1.165) is 17.7 Å². The summed E-state index contributed by atoms with van der Waals surface area (Å²) in [6.07, 6.45) is 1.11. The summed E-state index contributed by atoms with van der Waals surface area (Å²) >= 11 is 0. The summed E-state index contributed by atoms with van der Waals surface area (Å²) in [4.78, 5) is 12.1. The number of rotatable bonds is 1. The van der Waals surface area contributed by atoms with Gasteiger partial charge >= 0.3 is 0 Å². The lowest BCUT2D eigenvalue weighted by molar-refractivity contribution is 0.0865. The van der Waals surface area contributed by atoms with E-state index in [1.165, 1.54) is 0 Å². The van der Waals surface area contributed by atoms with Crippen molar-refractivity contribution in [2.24, 2.45) is 0 Å². The van der Waals surface area contributed by atoms with Gasteiger partial charge in [0.2, 0.25) is 0 Å². The van der Waals surface area contributed by atoms with Crippen molar-refractivity contribution in [3.8, 4) is 17.2 Å². The third kappa shape index (κ3) is 1.47. The molecule has 90 valence electrons. The van der Waals surface area contributed by atoms with Crippen LogP contribution < -0.4 is 14.2 Å². The van der Waals surface area contributed by atoms with Crippen LogP contribution in [0.3, 0.4) is 0 Å². The number of hydrogen-bond acceptors (Lipinski definition) is 4. The highest BCUT2D eigenvalue weighted by Crippen LogP contribution is 2.45. The number of benzene rings is 1. The normalized spacial score (nSPS) is 21.3. The fourth-order valence-corrected chi connectivity index (χ4v) is 2.46. The summed E-state index contributed by atoms with van der Waals surface area (Å²) in [6, 6.07) is 1.80. The van der Waals surface area contributed by atoms with Gasteiger partial charge in [-0.2, -0.15) is 0 Å². The van der Waals surface area contributed by atoms with Crippen LogP contribution in [-0.2, 0) is 6.42 Å². The van der Waals surface area contributed by atoms with Crippen LogP contribution in [0.4, 0.5) is 0 Å². The Hall–Kier alpha value is -1.71. The Balaban J connectivity index is 2.22. The number of ketones is 1. The summed E-state index contributed by atoms with van der Waals surface area (Å²) in [5, 5.41) is 0. The third-order valence-electron chi connectivity index (χ3n) is 3.21. The fourth-order valence-electron chi connectivity index (χ4n) is 2.46. The molecular weight excluding hydrogens is 220 g/mol. The van der Waals surface area contributed by atoms with Crippen LogP contribution in [0.1, 0.15) is 29.3 Å². The molecular formula is C13H14O4. The number of Topliss-reactive ketones (excluding diaryl/α,β-unsaturated/α-hetero) is 1. The van der Waals surface area contributed by atoms with Crippen LogP contribution in [0.25, 0.3) is 0 Å². The molecule has 0 bridgehead atoms. The summed E-state index contributed by atoms with van der Waals surface area (Å²) < 4.78 is 16.6. The van der Waals surface area contributed by atoms with Gasteiger partial charge < -0.3 is 14.2 Å². The molecule has 2 aliphatic heterocycles. The van der Waals surface area contributed by atoms with Crippen LogP contribution in [0.2, 0.25) is 0 Å². The molecule has 0 aromatic heterocycles. The highest BCUT2D eigenvalue weighted by atomic mass is 16.5. The number of carbonyl (C=O) groups is 1. The monoisotopic (exact) mass is 234 g/mol. The Bertz CT molecular complexity index is 493. The average Bonchev–Trinajstić information content (AvgIpc) is 2.75. The Morgan fingerprint density at radius 3 is 3.06 bits per heavy atom. The molecule has 17 heavy (non-hydrogen) atoms. The predicted octanol–water partition coefficient (Wildman–Crippen LogP) is 1.98. The number of carbonyl (C=O) groups excluding carboxylic acids is 1. The van der Waals surface area contributed by atoms with Crippen LogP contribution >= 0.6 is 0 Å². The highest BCUT2D eigenvalue weighted by molar-refractivity contribution is 6.03. The number of methoxy groups -OCH3 is 1. The maximum absolute atomic E-state index is 12.1. The SMILES string of the molecule is COc1cc2c(c3c1CCO3)C(=O)CC(C)O2. The van der Waals surface area contributed by atoms with Crippen molar-refractivity contribution in [3.05, 3.63) is 17.2 Å². The Morgan fingerprint density at radius 2 is 2.29 bits per heavy atom. The molecule has 1 unspecified atom stereocenters. The topological polar surface area (TPSA) is 44.8 Å². The molecule has 1 aromatic rings. The van der Waals surface area contributed by atoms with Crippen LogP contribution in [0.15, 0.2) is 6.07 Å². The predicted molar refractivity (Wildman–Crippen MR) is 61.2 cm³/mol. The second-order valence-corrected chi connectivity index (χ2v) is 4.41. The number of hydrogen-bond donors (Lipinski definition) is 0. The van der Waals surface area contributed by atoms with E-state index in [-0.39, 0.29) is 11.9 Å². The van der Waals surface area contributed by atoms with Gasteiger partial charge in [-0.25, -0.2) is 0 Å². The van der Waals surface area contributed by atoms with Gasteiger partial charge in [0.05, 0.1) is 13.7 Å². The molecule has 0 radical (unpaired) electrons. The number of fused-ring (bicyclic) bond motifs is 3. The Morgan fingerprint density at radius 1 is 1.47 bits per heavy atom. The molecule has 0 fully saturated rings. The first kappa shape index (κ1) is 10.4. The molecule has 3 rings (SSSR count). The molecule has 0 saturated carbocycles. The van der Waals surface area contributed by atoms with Crippen molar-refractivity contribution in [1.29, 1.82) is 0 Å². The summed E-state index contributed by atoms with van der Waals surface area (Å²) in [5.41, 5.74) is 1.58. The van der Waals surface area contributed by atoms with Gasteiger partial charge in [0.25, 0.3) is 0 Å². The quantitative estimate of drug-likeness (QED) is 0.745. The van der Waals surface area contributed by atoms with E-state index in [9.17, 15) is 4.79 Å². The van der Waals surface area contributed by atoms with Gasteiger partial charge in [-0.3, -0.25) is 4.79 Å². The lowest BCUT2D eigenvalue weighted by Gasteiger charge is -2.24. The molecule has 1 aromatic carbocycles. The van der Waals surface area contributed by atoms with Crippen molar-refractivity contribution in [1.82, 2.24) is 0 Å². The first-order valence-corrected chi connectivity index (χ1v) is 5.77. The van der Waals surface area contributed by atoms with E-state index >= 15 is 0 Å². The number of ether oxygens (including phenoxy) is 3. The maximum Gasteiger partial charge on any atom is 0.174 e. The van der Waals surface area contributed by atoms with Crippen LogP contribution in [0.5, 0.6) is 17.2 Å². The molecule has 2 heterocycles. The van der Waals surface area contributed by atoms with Crippen molar-refractivity contribution in [3.63, 3.8) is 0 Å². The van der Waals surface area contributed by atoms with Gasteiger partial charge in [-0.05, 0) is 6.92 Å². The van der Waals surface area contributed by atoms with Gasteiger partial charge in [0.1, 0.15) is 28.9 Å². The molecule has 1 atom stereocenters. The first-order valence-electron chi connectivity index (χ1n) is 5.77. The maximum atomic E-state index is 12.1. The molecule has 0 N–H and O–H groups in total. The van der Waals surface area contributed by atoms with E-state index in [2.05, 4.69) is 0 Å². The zero-order chi connectivity index (χ0) is 12.0. The molecule has 4 heteroatoms.